The Bertz CT molecular complexity index is 676. The molecule has 2 aromatic rings. The minimum absolute atomic E-state index is 0.368. The molecule has 0 aliphatic heterocycles. The number of hydrogen-bond acceptors (Lipinski definition) is 4. The second-order valence-electron chi connectivity index (χ2n) is 4.43. The van der Waals surface area contributed by atoms with Gasteiger partial charge in [0.15, 0.2) is 11.5 Å². The van der Waals surface area contributed by atoms with Crippen LogP contribution in [0.3, 0.4) is 0 Å². The Morgan fingerprint density at radius 1 is 1.27 bits per heavy atom. The summed E-state index contributed by atoms with van der Waals surface area (Å²) in [6, 6.07) is 11.2. The molecule has 0 radical (unpaired) electrons. The highest BCUT2D eigenvalue weighted by Crippen LogP contribution is 2.37. The van der Waals surface area contributed by atoms with Crippen LogP contribution in [0.25, 0.3) is 0 Å². The minimum atomic E-state index is 0.368. The van der Waals surface area contributed by atoms with E-state index in [0.29, 0.717) is 35.3 Å². The average molecular weight is 385 g/mol. The number of hydrogen-bond donors (Lipinski definition) is 1. The molecule has 2 rings (SSSR count). The van der Waals surface area contributed by atoms with Crippen LogP contribution in [0.15, 0.2) is 46.0 Å². The highest BCUT2D eigenvalue weighted by Gasteiger charge is 2.12. The number of halogens is 2. The summed E-state index contributed by atoms with van der Waals surface area (Å²) in [5.41, 5.74) is 1.64. The summed E-state index contributed by atoms with van der Waals surface area (Å²) in [4.78, 5) is 0. The van der Waals surface area contributed by atoms with Crippen molar-refractivity contribution in [1.82, 2.24) is 0 Å². The van der Waals surface area contributed by atoms with Crippen LogP contribution in [0.2, 0.25) is 5.02 Å². The highest BCUT2D eigenvalue weighted by atomic mass is 79.9. The number of oxime groups is 1. The molecule has 0 amide bonds. The second kappa shape index (κ2) is 8.06. The smallest absolute Gasteiger partial charge is 0.180 e. The Hall–Kier alpha value is -1.72. The van der Waals surface area contributed by atoms with Crippen molar-refractivity contribution in [1.29, 1.82) is 0 Å². The van der Waals surface area contributed by atoms with Crippen LogP contribution in [0.1, 0.15) is 18.1 Å². The molecule has 2 aromatic carbocycles. The van der Waals surface area contributed by atoms with Crippen LogP contribution < -0.4 is 9.47 Å². The zero-order chi connectivity index (χ0) is 15.9. The first-order valence-corrected chi connectivity index (χ1v) is 7.82. The van der Waals surface area contributed by atoms with Gasteiger partial charge in [-0.05, 0) is 36.8 Å². The van der Waals surface area contributed by atoms with Crippen molar-refractivity contribution in [2.24, 2.45) is 5.16 Å². The molecule has 0 spiro atoms. The Balaban J connectivity index is 2.25. The van der Waals surface area contributed by atoms with Crippen LogP contribution in [0.5, 0.6) is 11.5 Å². The van der Waals surface area contributed by atoms with E-state index in [-0.39, 0.29) is 0 Å². The van der Waals surface area contributed by atoms with Gasteiger partial charge in [-0.2, -0.15) is 0 Å². The van der Waals surface area contributed by atoms with Gasteiger partial charge in [-0.15, -0.1) is 0 Å². The quantitative estimate of drug-likeness (QED) is 0.438. The van der Waals surface area contributed by atoms with Crippen molar-refractivity contribution in [3.8, 4) is 11.5 Å². The van der Waals surface area contributed by atoms with Crippen molar-refractivity contribution < 1.29 is 14.7 Å². The van der Waals surface area contributed by atoms with Gasteiger partial charge in [0.05, 0.1) is 17.8 Å². The van der Waals surface area contributed by atoms with E-state index in [0.717, 1.165) is 10.0 Å². The molecular weight excluding hydrogens is 370 g/mol. The summed E-state index contributed by atoms with van der Waals surface area (Å²) in [7, 11) is 0. The Morgan fingerprint density at radius 2 is 2.09 bits per heavy atom. The lowest BCUT2D eigenvalue weighted by molar-refractivity contribution is 0.269. The zero-order valence-corrected chi connectivity index (χ0v) is 14.3. The fraction of sp³-hybridized carbons (Fsp3) is 0.188. The molecule has 0 aliphatic carbocycles. The molecule has 1 N–H and O–H groups in total. The molecule has 0 bridgehead atoms. The van der Waals surface area contributed by atoms with E-state index in [4.69, 9.17) is 26.3 Å². The van der Waals surface area contributed by atoms with Gasteiger partial charge in [-0.3, -0.25) is 0 Å². The summed E-state index contributed by atoms with van der Waals surface area (Å²) >= 11 is 9.67. The molecule has 0 aliphatic rings. The summed E-state index contributed by atoms with van der Waals surface area (Å²) in [6.45, 7) is 2.72. The normalized spacial score (nSPS) is 10.9. The molecule has 0 saturated heterocycles. The first kappa shape index (κ1) is 16.6. The summed E-state index contributed by atoms with van der Waals surface area (Å²) in [6.07, 6.45) is 1.28. The average Bonchev–Trinajstić information content (AvgIpc) is 2.47. The van der Waals surface area contributed by atoms with Gasteiger partial charge in [0, 0.05) is 10.0 Å². The van der Waals surface area contributed by atoms with E-state index >= 15 is 0 Å². The molecule has 0 fully saturated rings. The van der Waals surface area contributed by atoms with Crippen LogP contribution >= 0.6 is 27.5 Å². The van der Waals surface area contributed by atoms with Crippen LogP contribution in [-0.4, -0.2) is 18.0 Å². The molecule has 0 atom stereocenters. The highest BCUT2D eigenvalue weighted by molar-refractivity contribution is 9.10. The van der Waals surface area contributed by atoms with Gasteiger partial charge >= 0.3 is 0 Å². The maximum atomic E-state index is 8.63. The lowest BCUT2D eigenvalue weighted by Gasteiger charge is -2.14. The predicted octanol–water partition coefficient (Wildman–Crippen LogP) is 4.89. The second-order valence-corrected chi connectivity index (χ2v) is 5.75. The summed E-state index contributed by atoms with van der Waals surface area (Å²) < 4.78 is 12.4. The van der Waals surface area contributed by atoms with Crippen molar-refractivity contribution in [3.05, 3.63) is 57.0 Å². The predicted molar refractivity (Wildman–Crippen MR) is 90.5 cm³/mol. The van der Waals surface area contributed by atoms with E-state index in [1.165, 1.54) is 6.21 Å². The Morgan fingerprint density at radius 3 is 2.77 bits per heavy atom. The van der Waals surface area contributed by atoms with Crippen molar-refractivity contribution in [2.45, 2.75) is 13.5 Å². The Labute approximate surface area is 142 Å². The maximum absolute atomic E-state index is 8.63. The van der Waals surface area contributed by atoms with Gasteiger partial charge in [-0.25, -0.2) is 0 Å². The third kappa shape index (κ3) is 4.39. The summed E-state index contributed by atoms with van der Waals surface area (Å²) in [5, 5.41) is 12.0. The van der Waals surface area contributed by atoms with Crippen molar-refractivity contribution in [2.75, 3.05) is 6.61 Å². The number of ether oxygens (including phenoxy) is 2. The monoisotopic (exact) mass is 383 g/mol. The first-order chi connectivity index (χ1) is 10.6. The zero-order valence-electron chi connectivity index (χ0n) is 11.9. The number of benzene rings is 2. The van der Waals surface area contributed by atoms with Gasteiger partial charge in [-0.1, -0.05) is 44.8 Å². The van der Waals surface area contributed by atoms with Crippen molar-refractivity contribution in [3.63, 3.8) is 0 Å². The molecule has 0 unspecified atom stereocenters. The third-order valence-electron chi connectivity index (χ3n) is 2.81. The number of rotatable bonds is 6. The Kier molecular flexibility index (Phi) is 6.10. The van der Waals surface area contributed by atoms with Gasteiger partial charge < -0.3 is 14.7 Å². The molecule has 6 heteroatoms. The van der Waals surface area contributed by atoms with E-state index in [9.17, 15) is 0 Å². The first-order valence-electron chi connectivity index (χ1n) is 6.65. The maximum Gasteiger partial charge on any atom is 0.180 e. The fourth-order valence-corrected chi connectivity index (χ4v) is 2.63. The van der Waals surface area contributed by atoms with E-state index < -0.39 is 0 Å². The minimum Gasteiger partial charge on any atom is -0.490 e. The molecule has 0 saturated carbocycles. The van der Waals surface area contributed by atoms with E-state index in [1.807, 2.05) is 31.2 Å². The lowest BCUT2D eigenvalue weighted by Crippen LogP contribution is -2.01. The van der Waals surface area contributed by atoms with Crippen molar-refractivity contribution >= 4 is 33.7 Å². The fourth-order valence-electron chi connectivity index (χ4n) is 1.91. The molecule has 22 heavy (non-hydrogen) atoms. The van der Waals surface area contributed by atoms with Gasteiger partial charge in [0.2, 0.25) is 0 Å². The molecule has 116 valence electrons. The summed E-state index contributed by atoms with van der Waals surface area (Å²) in [5.74, 6) is 0.985. The van der Waals surface area contributed by atoms with Crippen LogP contribution in [0, 0.1) is 0 Å². The standard InChI is InChI=1S/C16H15BrClNO3/c1-2-21-15-8-12(9-19-20)7-14(18)16(15)22-10-11-4-3-5-13(17)6-11/h3-9,20H,2,10H2,1H3/b19-9-. The largest absolute Gasteiger partial charge is 0.490 e. The SMILES string of the molecule is CCOc1cc(/C=N\O)cc(Cl)c1OCc1cccc(Br)c1. The van der Waals surface area contributed by atoms with Gasteiger partial charge in [0.25, 0.3) is 0 Å². The molecule has 0 aromatic heterocycles. The third-order valence-corrected chi connectivity index (χ3v) is 3.58. The number of nitrogens with zero attached hydrogens (tertiary/aromatic N) is 1. The van der Waals surface area contributed by atoms with Crippen LogP contribution in [0.4, 0.5) is 0 Å². The molecule has 0 heterocycles. The van der Waals surface area contributed by atoms with E-state index in [2.05, 4.69) is 21.1 Å². The molecule has 4 nitrogen and oxygen atoms in total. The topological polar surface area (TPSA) is 51.0 Å². The van der Waals surface area contributed by atoms with Gasteiger partial charge in [0.1, 0.15) is 6.61 Å². The van der Waals surface area contributed by atoms with E-state index in [1.54, 1.807) is 12.1 Å². The lowest BCUT2D eigenvalue weighted by atomic mass is 10.2. The van der Waals surface area contributed by atoms with Crippen LogP contribution in [-0.2, 0) is 6.61 Å². The molecular formula is C16H15BrClNO3.